The number of nitrogen functional groups attached to an aromatic ring is 4. The highest BCUT2D eigenvalue weighted by Gasteiger charge is 2.06. The van der Waals surface area contributed by atoms with Crippen molar-refractivity contribution in [3.8, 4) is 0 Å². The van der Waals surface area contributed by atoms with Gasteiger partial charge in [0.1, 0.15) is 0 Å². The van der Waals surface area contributed by atoms with Gasteiger partial charge in [0.15, 0.2) is 0 Å². The van der Waals surface area contributed by atoms with Gasteiger partial charge < -0.3 is 22.9 Å². The number of hydrogen-bond acceptors (Lipinski definition) is 6. The average Bonchev–Trinajstić information content (AvgIpc) is 2.78. The van der Waals surface area contributed by atoms with Gasteiger partial charge in [-0.3, -0.25) is 0 Å². The van der Waals surface area contributed by atoms with Gasteiger partial charge in [0.25, 0.3) is 0 Å². The molecule has 0 atom stereocenters. The summed E-state index contributed by atoms with van der Waals surface area (Å²) in [6, 6.07) is 25.2. The van der Waals surface area contributed by atoms with E-state index in [0.29, 0.717) is 0 Å². The number of pyridine rings is 2. The maximum absolute atomic E-state index is 5.78. The molecule has 0 amide bonds. The van der Waals surface area contributed by atoms with E-state index in [1.165, 1.54) is 5.56 Å². The van der Waals surface area contributed by atoms with E-state index >= 15 is 0 Å². The van der Waals surface area contributed by atoms with Crippen LogP contribution in [0.4, 0.5) is 22.7 Å². The molecular formula is C27H24N6. The number of aryl methyl sites for hydroxylation is 1. The molecular weight excluding hydrogens is 408 g/mol. The van der Waals surface area contributed by atoms with Gasteiger partial charge in [-0.2, -0.15) is 0 Å². The van der Waals surface area contributed by atoms with Crippen LogP contribution in [0.2, 0.25) is 0 Å². The highest BCUT2D eigenvalue weighted by molar-refractivity contribution is 5.99. The van der Waals surface area contributed by atoms with Crippen molar-refractivity contribution in [2.24, 2.45) is 0 Å². The predicted molar refractivity (Wildman–Crippen MR) is 141 cm³/mol. The Labute approximate surface area is 190 Å². The summed E-state index contributed by atoms with van der Waals surface area (Å²) in [6.45, 7) is 2.10. The van der Waals surface area contributed by atoms with Gasteiger partial charge in [0.05, 0.1) is 22.1 Å². The normalized spacial score (nSPS) is 11.1. The molecule has 0 aliphatic rings. The highest BCUT2D eigenvalue weighted by atomic mass is 14.7. The number of anilines is 4. The highest BCUT2D eigenvalue weighted by Crippen LogP contribution is 2.27. The van der Waals surface area contributed by atoms with Gasteiger partial charge in [-0.1, -0.05) is 24.3 Å². The topological polar surface area (TPSA) is 130 Å². The van der Waals surface area contributed by atoms with Crippen LogP contribution in [0.15, 0.2) is 78.9 Å². The van der Waals surface area contributed by atoms with E-state index in [4.69, 9.17) is 22.9 Å². The first-order valence-corrected chi connectivity index (χ1v) is 10.6. The third-order valence-corrected chi connectivity index (χ3v) is 5.75. The Bertz CT molecular complexity index is 1560. The maximum atomic E-state index is 5.78. The molecule has 0 saturated carbocycles. The summed E-state index contributed by atoms with van der Waals surface area (Å²) in [6.07, 6.45) is 0. The summed E-state index contributed by atoms with van der Waals surface area (Å²) in [7, 11) is 0. The van der Waals surface area contributed by atoms with Crippen LogP contribution in [-0.2, 0) is 0 Å². The fraction of sp³-hybridized carbons (Fsp3) is 0.0370. The van der Waals surface area contributed by atoms with Crippen molar-refractivity contribution in [3.05, 3.63) is 84.4 Å². The van der Waals surface area contributed by atoms with Gasteiger partial charge in [0, 0.05) is 44.3 Å². The first kappa shape index (κ1) is 20.3. The van der Waals surface area contributed by atoms with Crippen molar-refractivity contribution in [2.75, 3.05) is 22.9 Å². The largest absolute Gasteiger partial charge is 0.399 e. The molecule has 0 saturated heterocycles. The number of aromatic nitrogens is 2. The minimum absolute atomic E-state index is 0.725. The van der Waals surface area contributed by atoms with E-state index in [9.17, 15) is 0 Å². The number of nitrogens with zero attached hydrogens (tertiary/aromatic N) is 2. The van der Waals surface area contributed by atoms with Crippen molar-refractivity contribution in [3.63, 3.8) is 0 Å². The van der Waals surface area contributed by atoms with Crippen LogP contribution in [0, 0.1) is 6.92 Å². The summed E-state index contributed by atoms with van der Waals surface area (Å²) in [5, 5.41) is 4.45. The van der Waals surface area contributed by atoms with E-state index in [1.807, 2.05) is 72.8 Å². The van der Waals surface area contributed by atoms with Crippen LogP contribution >= 0.6 is 0 Å². The summed E-state index contributed by atoms with van der Waals surface area (Å²) < 4.78 is 0. The minimum atomic E-state index is 0.725. The van der Waals surface area contributed by atoms with E-state index in [-0.39, 0.29) is 0 Å². The van der Waals surface area contributed by atoms with Crippen molar-refractivity contribution in [1.82, 2.24) is 9.97 Å². The fourth-order valence-electron chi connectivity index (χ4n) is 4.05. The van der Waals surface area contributed by atoms with Crippen LogP contribution in [0.25, 0.3) is 43.6 Å². The molecule has 2 aromatic heterocycles. The lowest BCUT2D eigenvalue weighted by atomic mass is 10.0. The van der Waals surface area contributed by atoms with Gasteiger partial charge in [0.2, 0.25) is 0 Å². The van der Waals surface area contributed by atoms with Crippen molar-refractivity contribution < 1.29 is 0 Å². The second-order valence-corrected chi connectivity index (χ2v) is 8.18. The molecule has 6 rings (SSSR count). The molecule has 0 unspecified atom stereocenters. The van der Waals surface area contributed by atoms with E-state index in [0.717, 1.165) is 66.4 Å². The average molecular weight is 433 g/mol. The van der Waals surface area contributed by atoms with Crippen molar-refractivity contribution >= 4 is 66.4 Å². The molecule has 2 heterocycles. The lowest BCUT2D eigenvalue weighted by Gasteiger charge is -2.08. The number of hydrogen-bond donors (Lipinski definition) is 4. The molecule has 0 bridgehead atoms. The molecule has 4 aromatic carbocycles. The molecule has 6 heteroatoms. The van der Waals surface area contributed by atoms with Crippen LogP contribution in [0.3, 0.4) is 0 Å². The summed E-state index contributed by atoms with van der Waals surface area (Å²) >= 11 is 0. The first-order valence-electron chi connectivity index (χ1n) is 10.6. The second kappa shape index (κ2) is 7.84. The Morgan fingerprint density at radius 3 is 1.27 bits per heavy atom. The lowest BCUT2D eigenvalue weighted by Crippen LogP contribution is -1.92. The smallest absolute Gasteiger partial charge is 0.0732 e. The van der Waals surface area contributed by atoms with Crippen LogP contribution < -0.4 is 22.9 Å². The Kier molecular flexibility index (Phi) is 4.83. The number of nitrogens with two attached hydrogens (primary N) is 4. The number of rotatable bonds is 0. The minimum Gasteiger partial charge on any atom is -0.399 e. The third-order valence-electron chi connectivity index (χ3n) is 5.75. The first-order chi connectivity index (χ1) is 15.9. The van der Waals surface area contributed by atoms with E-state index < -0.39 is 0 Å². The monoisotopic (exact) mass is 432 g/mol. The fourth-order valence-corrected chi connectivity index (χ4v) is 4.05. The molecule has 6 aromatic rings. The molecule has 0 radical (unpaired) electrons. The van der Waals surface area contributed by atoms with Gasteiger partial charge in [-0.05, 0) is 67.1 Å². The number of benzene rings is 4. The van der Waals surface area contributed by atoms with Crippen molar-refractivity contribution in [1.29, 1.82) is 0 Å². The quantitative estimate of drug-likeness (QED) is 0.187. The van der Waals surface area contributed by atoms with Crippen LogP contribution in [0.1, 0.15) is 5.56 Å². The zero-order valence-electron chi connectivity index (χ0n) is 18.2. The van der Waals surface area contributed by atoms with Crippen LogP contribution in [-0.4, -0.2) is 9.97 Å². The Balaban J connectivity index is 0.000000139. The molecule has 8 N–H and O–H groups in total. The lowest BCUT2D eigenvalue weighted by molar-refractivity contribution is 1.45. The second-order valence-electron chi connectivity index (χ2n) is 8.18. The van der Waals surface area contributed by atoms with Gasteiger partial charge in [-0.15, -0.1) is 0 Å². The Morgan fingerprint density at radius 2 is 0.818 bits per heavy atom. The standard InChI is InChI=1S/C14H13N3.C13H11N3/c1-8-11-4-2-9(15)6-13(11)17-14-7-10(16)3-5-12(8)14;14-10-3-1-8-5-9-2-4-11(15)7-13(9)16-12(8)6-10/h2-7H,15-16H2,1H3;1-7H,14-15H2. The zero-order valence-corrected chi connectivity index (χ0v) is 18.2. The number of fused-ring (bicyclic) bond motifs is 4. The Morgan fingerprint density at radius 1 is 0.455 bits per heavy atom. The molecule has 0 aliphatic heterocycles. The molecule has 162 valence electrons. The predicted octanol–water partition coefficient (Wildman–Crippen LogP) is 5.41. The summed E-state index contributed by atoms with van der Waals surface area (Å²) in [5.74, 6) is 0. The van der Waals surface area contributed by atoms with Crippen LogP contribution in [0.5, 0.6) is 0 Å². The van der Waals surface area contributed by atoms with E-state index in [2.05, 4.69) is 23.0 Å². The summed E-state index contributed by atoms with van der Waals surface area (Å²) in [5.41, 5.74) is 30.8. The maximum Gasteiger partial charge on any atom is 0.0732 e. The van der Waals surface area contributed by atoms with Gasteiger partial charge in [-0.25, -0.2) is 9.97 Å². The molecule has 0 fully saturated rings. The Hall–Kier alpha value is -4.58. The summed E-state index contributed by atoms with van der Waals surface area (Å²) in [4.78, 5) is 9.14. The molecule has 6 nitrogen and oxygen atoms in total. The zero-order chi connectivity index (χ0) is 23.1. The van der Waals surface area contributed by atoms with E-state index in [1.54, 1.807) is 0 Å². The SMILES string of the molecule is Cc1c2ccc(N)cc2nc2cc(N)ccc12.Nc1ccc2cc3ccc(N)cc3nc2c1. The van der Waals surface area contributed by atoms with Gasteiger partial charge >= 0.3 is 0 Å². The van der Waals surface area contributed by atoms with Crippen molar-refractivity contribution in [2.45, 2.75) is 6.92 Å². The third kappa shape index (κ3) is 3.90. The molecule has 0 aliphatic carbocycles. The molecule has 0 spiro atoms. The molecule has 33 heavy (non-hydrogen) atoms.